The fraction of sp³-hybridized carbons (Fsp3) is 0.500. The first-order valence-electron chi connectivity index (χ1n) is 5.90. The van der Waals surface area contributed by atoms with Crippen LogP contribution in [0.4, 0.5) is 5.69 Å². The van der Waals surface area contributed by atoms with E-state index in [0.29, 0.717) is 20.6 Å². The van der Waals surface area contributed by atoms with Gasteiger partial charge in [-0.1, -0.05) is 13.8 Å². The number of anilines is 1. The van der Waals surface area contributed by atoms with Crippen molar-refractivity contribution in [1.82, 2.24) is 4.72 Å². The molecular formula is C12H18Br2N2O2S. The molecule has 108 valence electrons. The summed E-state index contributed by atoms with van der Waals surface area (Å²) < 4.78 is 28.3. The van der Waals surface area contributed by atoms with Crippen LogP contribution in [-0.4, -0.2) is 14.5 Å². The molecule has 0 aliphatic heterocycles. The molecule has 1 atom stereocenters. The van der Waals surface area contributed by atoms with E-state index in [1.807, 2.05) is 6.92 Å². The molecule has 0 saturated carbocycles. The average Bonchev–Trinajstić information content (AvgIpc) is 2.10. The number of sulfonamides is 1. The number of hydrogen-bond acceptors (Lipinski definition) is 3. The molecule has 1 unspecified atom stereocenters. The van der Waals surface area contributed by atoms with Gasteiger partial charge in [0.1, 0.15) is 4.90 Å². The number of halogens is 2. The number of rotatable bonds is 5. The average molecular weight is 414 g/mol. The van der Waals surface area contributed by atoms with Crippen molar-refractivity contribution in [3.8, 4) is 0 Å². The van der Waals surface area contributed by atoms with Crippen molar-refractivity contribution in [3.05, 3.63) is 21.1 Å². The molecule has 1 aromatic rings. The minimum Gasteiger partial charge on any atom is -0.399 e. The van der Waals surface area contributed by atoms with Gasteiger partial charge in [0.2, 0.25) is 10.0 Å². The Bertz CT molecular complexity index is 536. The summed E-state index contributed by atoms with van der Waals surface area (Å²) in [6.07, 6.45) is 0.781. The Morgan fingerprint density at radius 1 is 1.21 bits per heavy atom. The first kappa shape index (κ1) is 16.9. The Morgan fingerprint density at radius 2 is 1.68 bits per heavy atom. The molecule has 3 N–H and O–H groups in total. The van der Waals surface area contributed by atoms with Crippen molar-refractivity contribution >= 4 is 47.6 Å². The molecule has 0 bridgehead atoms. The number of nitrogens with one attached hydrogen (secondary N) is 1. The topological polar surface area (TPSA) is 72.2 Å². The lowest BCUT2D eigenvalue weighted by Crippen LogP contribution is -2.34. The molecule has 1 rings (SSSR count). The van der Waals surface area contributed by atoms with Crippen molar-refractivity contribution in [2.75, 3.05) is 5.73 Å². The van der Waals surface area contributed by atoms with E-state index in [4.69, 9.17) is 5.73 Å². The highest BCUT2D eigenvalue weighted by molar-refractivity contribution is 9.11. The Hall–Kier alpha value is -0.110. The maximum atomic E-state index is 12.4. The molecule has 1 aromatic carbocycles. The third-order valence-corrected chi connectivity index (χ3v) is 5.94. The zero-order valence-electron chi connectivity index (χ0n) is 11.1. The van der Waals surface area contributed by atoms with Crippen LogP contribution in [0.15, 0.2) is 26.0 Å². The largest absolute Gasteiger partial charge is 0.399 e. The Kier molecular flexibility index (Phi) is 5.85. The Balaban J connectivity index is 3.08. The summed E-state index contributed by atoms with van der Waals surface area (Å²) in [5.41, 5.74) is 6.16. The first-order chi connectivity index (χ1) is 8.63. The van der Waals surface area contributed by atoms with Crippen molar-refractivity contribution in [3.63, 3.8) is 0 Å². The number of benzene rings is 1. The third-order valence-electron chi connectivity index (χ3n) is 2.47. The SMILES string of the molecule is CC(C)CC(C)NS(=O)(=O)c1c(Br)cc(N)cc1Br. The molecule has 0 spiro atoms. The first-order valence-corrected chi connectivity index (χ1v) is 8.97. The molecule has 7 heteroatoms. The minimum absolute atomic E-state index is 0.124. The van der Waals surface area contributed by atoms with Crippen LogP contribution >= 0.6 is 31.9 Å². The molecule has 0 saturated heterocycles. The lowest BCUT2D eigenvalue weighted by atomic mass is 10.1. The molecule has 0 amide bonds. The molecular weight excluding hydrogens is 396 g/mol. The molecule has 0 heterocycles. The van der Waals surface area contributed by atoms with Gasteiger partial charge in [-0.3, -0.25) is 0 Å². The van der Waals surface area contributed by atoms with Gasteiger partial charge in [-0.25, -0.2) is 13.1 Å². The van der Waals surface area contributed by atoms with E-state index < -0.39 is 10.0 Å². The van der Waals surface area contributed by atoms with Crippen LogP contribution in [0.2, 0.25) is 0 Å². The van der Waals surface area contributed by atoms with Gasteiger partial charge in [0.25, 0.3) is 0 Å². The van der Waals surface area contributed by atoms with Crippen LogP contribution in [0.1, 0.15) is 27.2 Å². The molecule has 4 nitrogen and oxygen atoms in total. The van der Waals surface area contributed by atoms with E-state index in [-0.39, 0.29) is 10.9 Å². The second-order valence-electron chi connectivity index (χ2n) is 4.97. The summed E-state index contributed by atoms with van der Waals surface area (Å²) in [4.78, 5) is 0.178. The summed E-state index contributed by atoms with van der Waals surface area (Å²) in [7, 11) is -3.58. The Morgan fingerprint density at radius 3 is 2.11 bits per heavy atom. The fourth-order valence-electron chi connectivity index (χ4n) is 1.92. The lowest BCUT2D eigenvalue weighted by Gasteiger charge is -2.17. The van der Waals surface area contributed by atoms with Crippen LogP contribution in [0.25, 0.3) is 0 Å². The van der Waals surface area contributed by atoms with Gasteiger partial charge in [0.05, 0.1) is 0 Å². The van der Waals surface area contributed by atoms with Gasteiger partial charge in [0, 0.05) is 20.7 Å². The highest BCUT2D eigenvalue weighted by atomic mass is 79.9. The Labute approximate surface area is 131 Å². The number of nitrogen functional groups attached to an aromatic ring is 1. The van der Waals surface area contributed by atoms with Gasteiger partial charge in [-0.2, -0.15) is 0 Å². The predicted octanol–water partition coefficient (Wildman–Crippen LogP) is 3.51. The van der Waals surface area contributed by atoms with Gasteiger partial charge in [0.15, 0.2) is 0 Å². The van der Waals surface area contributed by atoms with Crippen molar-refractivity contribution in [2.24, 2.45) is 5.92 Å². The molecule has 19 heavy (non-hydrogen) atoms. The molecule has 0 aromatic heterocycles. The van der Waals surface area contributed by atoms with Gasteiger partial charge in [-0.15, -0.1) is 0 Å². The van der Waals surface area contributed by atoms with Crippen molar-refractivity contribution in [2.45, 2.75) is 38.1 Å². The third kappa shape index (κ3) is 4.73. The van der Waals surface area contributed by atoms with Crippen LogP contribution < -0.4 is 10.5 Å². The molecule has 0 radical (unpaired) electrons. The maximum Gasteiger partial charge on any atom is 0.243 e. The highest BCUT2D eigenvalue weighted by Crippen LogP contribution is 2.32. The summed E-state index contributed by atoms with van der Waals surface area (Å²) in [6, 6.07) is 3.03. The van der Waals surface area contributed by atoms with Crippen LogP contribution in [-0.2, 0) is 10.0 Å². The van der Waals surface area contributed by atoms with Crippen LogP contribution in [0.3, 0.4) is 0 Å². The molecule has 0 fully saturated rings. The summed E-state index contributed by atoms with van der Waals surface area (Å²) in [5.74, 6) is 0.427. The lowest BCUT2D eigenvalue weighted by molar-refractivity contribution is 0.482. The second kappa shape index (κ2) is 6.56. The van der Waals surface area contributed by atoms with E-state index in [0.717, 1.165) is 6.42 Å². The van der Waals surface area contributed by atoms with Gasteiger partial charge >= 0.3 is 0 Å². The van der Waals surface area contributed by atoms with Gasteiger partial charge < -0.3 is 5.73 Å². The second-order valence-corrected chi connectivity index (χ2v) is 8.33. The molecule has 0 aliphatic carbocycles. The normalized spacial score (nSPS) is 13.8. The quantitative estimate of drug-likeness (QED) is 0.725. The zero-order chi connectivity index (χ0) is 14.8. The smallest absolute Gasteiger partial charge is 0.243 e. The van der Waals surface area contributed by atoms with Crippen LogP contribution in [0, 0.1) is 5.92 Å². The van der Waals surface area contributed by atoms with E-state index in [2.05, 4.69) is 50.4 Å². The molecule has 0 aliphatic rings. The van der Waals surface area contributed by atoms with Crippen LogP contribution in [0.5, 0.6) is 0 Å². The number of hydrogen-bond donors (Lipinski definition) is 2. The van der Waals surface area contributed by atoms with E-state index in [1.165, 1.54) is 0 Å². The minimum atomic E-state index is -3.58. The van der Waals surface area contributed by atoms with E-state index in [9.17, 15) is 8.42 Å². The fourth-order valence-corrected chi connectivity index (χ4v) is 5.79. The zero-order valence-corrected chi connectivity index (χ0v) is 15.1. The number of nitrogens with two attached hydrogens (primary N) is 1. The summed E-state index contributed by atoms with van der Waals surface area (Å²) in [6.45, 7) is 5.97. The standard InChI is InChI=1S/C12H18Br2N2O2S/c1-7(2)4-8(3)16-19(17,18)12-10(13)5-9(15)6-11(12)14/h5-8,16H,4,15H2,1-3H3. The van der Waals surface area contributed by atoms with Crippen molar-refractivity contribution in [1.29, 1.82) is 0 Å². The van der Waals surface area contributed by atoms with Gasteiger partial charge in [-0.05, 0) is 63.3 Å². The van der Waals surface area contributed by atoms with E-state index in [1.54, 1.807) is 12.1 Å². The highest BCUT2D eigenvalue weighted by Gasteiger charge is 2.23. The van der Waals surface area contributed by atoms with Crippen molar-refractivity contribution < 1.29 is 8.42 Å². The monoisotopic (exact) mass is 412 g/mol. The maximum absolute atomic E-state index is 12.4. The summed E-state index contributed by atoms with van der Waals surface area (Å²) >= 11 is 6.49. The van der Waals surface area contributed by atoms with E-state index >= 15 is 0 Å². The summed E-state index contributed by atoms with van der Waals surface area (Å²) in [5, 5.41) is 0. The predicted molar refractivity (Wildman–Crippen MR) is 85.5 cm³/mol.